The van der Waals surface area contributed by atoms with Gasteiger partial charge in [-0.1, -0.05) is 6.07 Å². The van der Waals surface area contributed by atoms with Gasteiger partial charge in [0.2, 0.25) is 5.91 Å². The summed E-state index contributed by atoms with van der Waals surface area (Å²) in [5.74, 6) is 0.853. The van der Waals surface area contributed by atoms with Gasteiger partial charge in [0.05, 0.1) is 29.2 Å². The lowest BCUT2D eigenvalue weighted by Gasteiger charge is -2.65. The number of aliphatic hydroxyl groups excluding tert-OH is 1. The topological polar surface area (TPSA) is 106 Å². The Morgan fingerprint density at radius 1 is 1.22 bits per heavy atom. The van der Waals surface area contributed by atoms with E-state index in [9.17, 15) is 20.1 Å². The Kier molecular flexibility index (Phi) is 5.03. The molecule has 0 unspecified atom stereocenters. The summed E-state index contributed by atoms with van der Waals surface area (Å²) in [4.78, 5) is 21.3. The highest BCUT2D eigenvalue weighted by atomic mass is 16.5. The van der Waals surface area contributed by atoms with E-state index in [2.05, 4.69) is 9.88 Å². The fourth-order valence-electron chi connectivity index (χ4n) is 7.84. The summed E-state index contributed by atoms with van der Waals surface area (Å²) in [7, 11) is 1.79. The van der Waals surface area contributed by atoms with Crippen molar-refractivity contribution in [2.24, 2.45) is 5.92 Å². The van der Waals surface area contributed by atoms with Crippen molar-refractivity contribution in [3.05, 3.63) is 59.4 Å². The predicted molar refractivity (Wildman–Crippen MR) is 136 cm³/mol. The molecule has 6 atom stereocenters. The van der Waals surface area contributed by atoms with Gasteiger partial charge in [-0.2, -0.15) is 0 Å². The monoisotopic (exact) mass is 503 g/mol. The van der Waals surface area contributed by atoms with Gasteiger partial charge >= 0.3 is 0 Å². The molecule has 1 saturated heterocycles. The third-order valence-electron chi connectivity index (χ3n) is 9.74. The number of ether oxygens (including phenoxy) is 1. The Bertz CT molecular complexity index is 1280. The quantitative estimate of drug-likeness (QED) is 0.538. The van der Waals surface area contributed by atoms with E-state index in [1.807, 2.05) is 12.1 Å². The van der Waals surface area contributed by atoms with Crippen molar-refractivity contribution in [3.63, 3.8) is 0 Å². The molecule has 8 heteroatoms. The zero-order chi connectivity index (χ0) is 25.5. The molecule has 2 bridgehead atoms. The number of aromatic nitrogens is 1. The van der Waals surface area contributed by atoms with Crippen LogP contribution in [0.3, 0.4) is 0 Å². The number of amides is 1. The van der Waals surface area contributed by atoms with E-state index in [4.69, 9.17) is 4.74 Å². The Labute approximate surface area is 216 Å². The first-order valence-electron chi connectivity index (χ1n) is 13.4. The third-order valence-corrected chi connectivity index (χ3v) is 9.74. The number of carbonyl (C=O) groups excluding carboxylic acids is 1. The van der Waals surface area contributed by atoms with Crippen molar-refractivity contribution < 1.29 is 24.9 Å². The molecule has 7 rings (SSSR count). The van der Waals surface area contributed by atoms with Crippen molar-refractivity contribution in [2.45, 2.75) is 67.4 Å². The molecule has 2 aliphatic heterocycles. The SMILES string of the molecule is CN(C(=O)/C=C/c1ccncc1)[C@@H]1CC[C@@]2(O)[C@H]3[C@@H](O)c4ccc(O)c5c4[C@@]2(CCN3CC2CC2)[C@H]1O5. The van der Waals surface area contributed by atoms with Crippen LogP contribution in [-0.4, -0.2) is 79.9 Å². The Morgan fingerprint density at radius 3 is 2.76 bits per heavy atom. The fraction of sp³-hybridized carbons (Fsp3) is 0.517. The lowest BCUT2D eigenvalue weighted by molar-refractivity contribution is -0.223. The van der Waals surface area contributed by atoms with E-state index in [-0.39, 0.29) is 17.7 Å². The van der Waals surface area contributed by atoms with E-state index >= 15 is 0 Å². The van der Waals surface area contributed by atoms with Crippen LogP contribution >= 0.6 is 0 Å². The second kappa shape index (κ2) is 8.03. The van der Waals surface area contributed by atoms with Crippen molar-refractivity contribution in [3.8, 4) is 11.5 Å². The second-order valence-corrected chi connectivity index (χ2v) is 11.6. The summed E-state index contributed by atoms with van der Waals surface area (Å²) in [5.41, 5.74) is 0.348. The first kappa shape index (κ1) is 23.2. The standard InChI is InChI=1S/C29H33N3O5/c1-31(22(34)7-4-17-9-13-30-14-10-17)20-8-11-29(36)26-24(35)19-5-6-21(33)25-23(19)28(29,27(20)37-25)12-15-32(26)16-18-2-3-18/h4-7,9-10,13-14,18,20,24,26-27,33,35-36H,2-3,8,11-12,15-16H2,1H3/b7-4+/t20-,24+,26-,27+,28+,29-/m1/s1. The number of aromatic hydroxyl groups is 1. The summed E-state index contributed by atoms with van der Waals surface area (Å²) in [6.07, 6.45) is 9.36. The minimum Gasteiger partial charge on any atom is -0.504 e. The minimum atomic E-state index is -1.22. The van der Waals surface area contributed by atoms with Gasteiger partial charge in [0.25, 0.3) is 0 Å². The second-order valence-electron chi connectivity index (χ2n) is 11.6. The summed E-state index contributed by atoms with van der Waals surface area (Å²) >= 11 is 0. The number of aliphatic hydroxyl groups is 2. The van der Waals surface area contributed by atoms with Crippen LogP contribution in [0.4, 0.5) is 0 Å². The molecule has 3 heterocycles. The molecule has 1 aromatic carbocycles. The van der Waals surface area contributed by atoms with Crippen molar-refractivity contribution in [2.75, 3.05) is 20.1 Å². The van der Waals surface area contributed by atoms with Crippen molar-refractivity contribution in [1.82, 2.24) is 14.8 Å². The Balaban J connectivity index is 1.28. The number of phenolic OH excluding ortho intramolecular Hbond substituents is 1. The smallest absolute Gasteiger partial charge is 0.246 e. The van der Waals surface area contributed by atoms with E-state index in [0.29, 0.717) is 30.9 Å². The molecular weight excluding hydrogens is 470 g/mol. The van der Waals surface area contributed by atoms with Crippen molar-refractivity contribution >= 4 is 12.0 Å². The number of likely N-dealkylation sites (N-methyl/N-ethyl adjacent to an activating group) is 1. The molecule has 0 radical (unpaired) electrons. The highest BCUT2D eigenvalue weighted by Crippen LogP contribution is 2.67. The summed E-state index contributed by atoms with van der Waals surface area (Å²) < 4.78 is 6.53. The van der Waals surface area contributed by atoms with Gasteiger partial charge in [0.15, 0.2) is 11.5 Å². The Hall–Kier alpha value is -2.94. The number of pyridine rings is 1. The molecule has 2 aromatic rings. The van der Waals surface area contributed by atoms with Gasteiger partial charge in [-0.05, 0) is 80.0 Å². The molecule has 37 heavy (non-hydrogen) atoms. The van der Waals surface area contributed by atoms with Gasteiger partial charge < -0.3 is 25.0 Å². The number of benzene rings is 1. The van der Waals surface area contributed by atoms with Gasteiger partial charge in [-0.25, -0.2) is 0 Å². The maximum atomic E-state index is 13.3. The highest BCUT2D eigenvalue weighted by molar-refractivity contribution is 5.92. The van der Waals surface area contributed by atoms with Gasteiger partial charge in [-0.15, -0.1) is 0 Å². The first-order valence-corrected chi connectivity index (χ1v) is 13.4. The molecule has 1 spiro atoms. The third kappa shape index (κ3) is 3.12. The number of carbonyl (C=O) groups is 1. The van der Waals surface area contributed by atoms with Crippen LogP contribution in [0.2, 0.25) is 0 Å². The van der Waals surface area contributed by atoms with Crippen LogP contribution in [0.25, 0.3) is 6.08 Å². The van der Waals surface area contributed by atoms with Gasteiger partial charge in [-0.3, -0.25) is 14.7 Å². The average molecular weight is 504 g/mol. The molecule has 3 N–H and O–H groups in total. The maximum Gasteiger partial charge on any atom is 0.246 e. The number of hydrogen-bond acceptors (Lipinski definition) is 7. The number of nitrogens with zero attached hydrogens (tertiary/aromatic N) is 3. The molecule has 8 nitrogen and oxygen atoms in total. The van der Waals surface area contributed by atoms with Gasteiger partial charge in [0.1, 0.15) is 6.10 Å². The van der Waals surface area contributed by atoms with Crippen LogP contribution in [-0.2, 0) is 10.2 Å². The molecule has 3 aliphatic carbocycles. The summed E-state index contributed by atoms with van der Waals surface area (Å²) in [6, 6.07) is 6.32. The maximum absolute atomic E-state index is 13.3. The van der Waals surface area contributed by atoms with E-state index in [1.54, 1.807) is 48.6 Å². The number of hydrogen-bond donors (Lipinski definition) is 3. The summed E-state index contributed by atoms with van der Waals surface area (Å²) in [5, 5.41) is 35.0. The molecule has 1 aromatic heterocycles. The number of phenols is 1. The number of piperidine rings is 1. The lowest BCUT2D eigenvalue weighted by atomic mass is 9.47. The lowest BCUT2D eigenvalue weighted by Crippen LogP contribution is -2.79. The fourth-order valence-corrected chi connectivity index (χ4v) is 7.84. The molecule has 1 amide bonds. The highest BCUT2D eigenvalue weighted by Gasteiger charge is 2.75. The van der Waals surface area contributed by atoms with Crippen LogP contribution < -0.4 is 4.74 Å². The van der Waals surface area contributed by atoms with E-state index in [0.717, 1.165) is 29.8 Å². The Morgan fingerprint density at radius 2 is 2.00 bits per heavy atom. The van der Waals surface area contributed by atoms with E-state index < -0.39 is 29.3 Å². The average Bonchev–Trinajstić information content (AvgIpc) is 3.64. The first-order chi connectivity index (χ1) is 17.8. The number of rotatable bonds is 5. The minimum absolute atomic E-state index is 0.0150. The van der Waals surface area contributed by atoms with Crippen LogP contribution in [0.5, 0.6) is 11.5 Å². The predicted octanol–water partition coefficient (Wildman–Crippen LogP) is 2.38. The molecular formula is C29H33N3O5. The number of likely N-dealkylation sites (tertiary alicyclic amines) is 1. The van der Waals surface area contributed by atoms with Crippen molar-refractivity contribution in [1.29, 1.82) is 0 Å². The molecule has 3 fully saturated rings. The van der Waals surface area contributed by atoms with E-state index in [1.165, 1.54) is 12.8 Å². The van der Waals surface area contributed by atoms with Crippen LogP contribution in [0.1, 0.15) is 54.9 Å². The summed E-state index contributed by atoms with van der Waals surface area (Å²) in [6.45, 7) is 1.62. The van der Waals surface area contributed by atoms with Gasteiger partial charge in [0, 0.05) is 37.6 Å². The molecule has 5 aliphatic rings. The largest absolute Gasteiger partial charge is 0.504 e. The normalized spacial score (nSPS) is 35.8. The van der Waals surface area contributed by atoms with Crippen LogP contribution in [0, 0.1) is 5.92 Å². The zero-order valence-corrected chi connectivity index (χ0v) is 21.0. The van der Waals surface area contributed by atoms with Crippen LogP contribution in [0.15, 0.2) is 42.7 Å². The molecule has 194 valence electrons. The molecule has 2 saturated carbocycles. The zero-order valence-electron chi connectivity index (χ0n) is 21.0.